The average Bonchev–Trinajstić information content (AvgIpc) is 2.67. The third-order valence-corrected chi connectivity index (χ3v) is 4.29. The first kappa shape index (κ1) is 17.8. The monoisotopic (exact) mass is 359 g/mol. The number of halogens is 1. The van der Waals surface area contributed by atoms with Gasteiger partial charge in [0, 0.05) is 32.3 Å². The molecule has 7 nitrogen and oxygen atoms in total. The summed E-state index contributed by atoms with van der Waals surface area (Å²) in [4.78, 5) is 24.6. The minimum atomic E-state index is -0.537. The highest BCUT2D eigenvalue weighted by molar-refractivity contribution is 6.00. The number of rotatable bonds is 4. The van der Waals surface area contributed by atoms with Crippen molar-refractivity contribution in [1.29, 1.82) is 0 Å². The van der Waals surface area contributed by atoms with Gasteiger partial charge in [0.25, 0.3) is 11.6 Å². The smallest absolute Gasteiger partial charge is 0.270 e. The Balaban J connectivity index is 1.92. The third kappa shape index (κ3) is 3.65. The van der Waals surface area contributed by atoms with Crippen LogP contribution in [0.3, 0.4) is 0 Å². The number of anilines is 1. The van der Waals surface area contributed by atoms with Gasteiger partial charge in [0.05, 0.1) is 22.8 Å². The van der Waals surface area contributed by atoms with Gasteiger partial charge >= 0.3 is 0 Å². The second-order valence-electron chi connectivity index (χ2n) is 5.90. The Kier molecular flexibility index (Phi) is 5.13. The molecule has 1 saturated heterocycles. The molecule has 0 aromatic heterocycles. The van der Waals surface area contributed by atoms with E-state index < -0.39 is 10.8 Å². The van der Waals surface area contributed by atoms with Crippen molar-refractivity contribution >= 4 is 17.3 Å². The number of amides is 1. The van der Waals surface area contributed by atoms with E-state index >= 15 is 0 Å². The van der Waals surface area contributed by atoms with Crippen molar-refractivity contribution < 1.29 is 18.8 Å². The van der Waals surface area contributed by atoms with E-state index in [0.717, 1.165) is 0 Å². The molecule has 0 bridgehead atoms. The Morgan fingerprint density at radius 3 is 2.85 bits per heavy atom. The Bertz CT molecular complexity index is 843. The molecule has 0 aliphatic carbocycles. The van der Waals surface area contributed by atoms with Crippen molar-refractivity contribution in [3.63, 3.8) is 0 Å². The fourth-order valence-corrected chi connectivity index (χ4v) is 3.01. The number of carbonyl (C=O) groups is 1. The third-order valence-electron chi connectivity index (χ3n) is 4.29. The SMILES string of the molecule is CNC(=O)c1cc([N+](=O)[O-])ccc1N1CCOC(c2cccc(F)c2)C1. The van der Waals surface area contributed by atoms with Crippen LogP contribution in [0.1, 0.15) is 22.0 Å². The summed E-state index contributed by atoms with van der Waals surface area (Å²) in [7, 11) is 1.47. The quantitative estimate of drug-likeness (QED) is 0.670. The maximum Gasteiger partial charge on any atom is 0.270 e. The number of morpholine rings is 1. The van der Waals surface area contributed by atoms with Crippen LogP contribution in [-0.4, -0.2) is 37.6 Å². The van der Waals surface area contributed by atoms with Crippen LogP contribution in [-0.2, 0) is 4.74 Å². The highest BCUT2D eigenvalue weighted by Crippen LogP contribution is 2.30. The molecule has 1 atom stereocenters. The zero-order valence-corrected chi connectivity index (χ0v) is 14.1. The minimum absolute atomic E-state index is 0.151. The molecule has 1 N–H and O–H groups in total. The molecule has 8 heteroatoms. The van der Waals surface area contributed by atoms with Gasteiger partial charge in [-0.05, 0) is 23.8 Å². The topological polar surface area (TPSA) is 84.7 Å². The number of non-ortho nitro benzene ring substituents is 1. The standard InChI is InChI=1S/C18H18FN3O4/c1-20-18(23)15-10-14(22(24)25)5-6-16(15)21-7-8-26-17(11-21)12-3-2-4-13(19)9-12/h2-6,9-10,17H,7-8,11H2,1H3,(H,20,23). The van der Waals surface area contributed by atoms with Gasteiger partial charge in [0.2, 0.25) is 0 Å². The molecule has 1 aliphatic heterocycles. The fourth-order valence-electron chi connectivity index (χ4n) is 3.01. The van der Waals surface area contributed by atoms with Crippen LogP contribution >= 0.6 is 0 Å². The van der Waals surface area contributed by atoms with Gasteiger partial charge in [-0.3, -0.25) is 14.9 Å². The highest BCUT2D eigenvalue weighted by atomic mass is 19.1. The van der Waals surface area contributed by atoms with E-state index in [1.807, 2.05) is 4.90 Å². The summed E-state index contributed by atoms with van der Waals surface area (Å²) in [6.07, 6.45) is -0.354. The zero-order chi connectivity index (χ0) is 18.7. The van der Waals surface area contributed by atoms with Gasteiger partial charge in [0.1, 0.15) is 11.9 Å². The van der Waals surface area contributed by atoms with E-state index in [4.69, 9.17) is 4.74 Å². The van der Waals surface area contributed by atoms with Crippen LogP contribution in [0.25, 0.3) is 0 Å². The number of hydrogen-bond donors (Lipinski definition) is 1. The maximum atomic E-state index is 13.5. The van der Waals surface area contributed by atoms with Crippen molar-refractivity contribution in [2.45, 2.75) is 6.10 Å². The van der Waals surface area contributed by atoms with Gasteiger partial charge in [-0.15, -0.1) is 0 Å². The average molecular weight is 359 g/mol. The summed E-state index contributed by atoms with van der Waals surface area (Å²) in [5.74, 6) is -0.748. The van der Waals surface area contributed by atoms with Crippen LogP contribution < -0.4 is 10.2 Å². The molecule has 1 aliphatic rings. The molecule has 0 radical (unpaired) electrons. The summed E-state index contributed by atoms with van der Waals surface area (Å²) in [6.45, 7) is 1.32. The predicted molar refractivity (Wildman–Crippen MR) is 93.8 cm³/mol. The predicted octanol–water partition coefficient (Wildman–Crippen LogP) is 2.67. The van der Waals surface area contributed by atoms with Crippen LogP contribution in [0.4, 0.5) is 15.8 Å². The van der Waals surface area contributed by atoms with Gasteiger partial charge in [-0.25, -0.2) is 4.39 Å². The van der Waals surface area contributed by atoms with E-state index in [1.165, 1.54) is 31.3 Å². The number of hydrogen-bond acceptors (Lipinski definition) is 5. The van der Waals surface area contributed by atoms with Gasteiger partial charge in [0.15, 0.2) is 0 Å². The molecule has 136 valence electrons. The fraction of sp³-hybridized carbons (Fsp3) is 0.278. The summed E-state index contributed by atoms with van der Waals surface area (Å²) in [5, 5.41) is 13.5. The van der Waals surface area contributed by atoms with Gasteiger partial charge < -0.3 is 15.0 Å². The molecule has 1 amide bonds. The first-order valence-corrected chi connectivity index (χ1v) is 8.12. The number of nitro benzene ring substituents is 1. The summed E-state index contributed by atoms with van der Waals surface area (Å²) in [5.41, 5.74) is 1.36. The Morgan fingerprint density at radius 2 is 2.15 bits per heavy atom. The maximum absolute atomic E-state index is 13.5. The Hall–Kier alpha value is -3.00. The van der Waals surface area contributed by atoms with Crippen molar-refractivity contribution in [1.82, 2.24) is 5.32 Å². The molecular weight excluding hydrogens is 341 g/mol. The number of nitrogens with one attached hydrogen (secondary N) is 1. The summed E-state index contributed by atoms with van der Waals surface area (Å²) >= 11 is 0. The van der Waals surface area contributed by atoms with E-state index in [2.05, 4.69) is 5.32 Å². The zero-order valence-electron chi connectivity index (χ0n) is 14.1. The van der Waals surface area contributed by atoms with Crippen molar-refractivity contribution in [3.05, 3.63) is 69.5 Å². The van der Waals surface area contributed by atoms with Crippen LogP contribution in [0.15, 0.2) is 42.5 Å². The Morgan fingerprint density at radius 1 is 1.35 bits per heavy atom. The molecule has 0 spiro atoms. The normalized spacial score (nSPS) is 17.0. The molecule has 1 fully saturated rings. The lowest BCUT2D eigenvalue weighted by molar-refractivity contribution is -0.384. The molecule has 3 rings (SSSR count). The molecular formula is C18H18FN3O4. The lowest BCUT2D eigenvalue weighted by atomic mass is 10.0. The van der Waals surface area contributed by atoms with Crippen molar-refractivity contribution in [2.75, 3.05) is 31.6 Å². The lowest BCUT2D eigenvalue weighted by Gasteiger charge is -2.35. The van der Waals surface area contributed by atoms with Crippen molar-refractivity contribution in [3.8, 4) is 0 Å². The van der Waals surface area contributed by atoms with E-state index in [-0.39, 0.29) is 23.2 Å². The van der Waals surface area contributed by atoms with E-state index in [9.17, 15) is 19.3 Å². The minimum Gasteiger partial charge on any atom is -0.370 e. The largest absolute Gasteiger partial charge is 0.370 e. The van der Waals surface area contributed by atoms with Gasteiger partial charge in [-0.1, -0.05) is 12.1 Å². The first-order chi connectivity index (χ1) is 12.5. The number of ether oxygens (including phenoxy) is 1. The van der Waals surface area contributed by atoms with E-state index in [0.29, 0.717) is 30.9 Å². The number of nitro groups is 1. The summed E-state index contributed by atoms with van der Waals surface area (Å²) in [6, 6.07) is 10.4. The Labute approximate surface area is 149 Å². The molecule has 1 heterocycles. The van der Waals surface area contributed by atoms with Gasteiger partial charge in [-0.2, -0.15) is 0 Å². The number of nitrogens with zero attached hydrogens (tertiary/aromatic N) is 2. The van der Waals surface area contributed by atoms with Crippen LogP contribution in [0, 0.1) is 15.9 Å². The second kappa shape index (κ2) is 7.49. The lowest BCUT2D eigenvalue weighted by Crippen LogP contribution is -2.39. The summed E-state index contributed by atoms with van der Waals surface area (Å²) < 4.78 is 19.2. The van der Waals surface area contributed by atoms with Crippen LogP contribution in [0.2, 0.25) is 0 Å². The van der Waals surface area contributed by atoms with Crippen molar-refractivity contribution in [2.24, 2.45) is 0 Å². The molecule has 0 saturated carbocycles. The molecule has 1 unspecified atom stereocenters. The first-order valence-electron chi connectivity index (χ1n) is 8.12. The van der Waals surface area contributed by atoms with Crippen LogP contribution in [0.5, 0.6) is 0 Å². The number of benzene rings is 2. The highest BCUT2D eigenvalue weighted by Gasteiger charge is 2.26. The second-order valence-corrected chi connectivity index (χ2v) is 5.90. The molecule has 2 aromatic carbocycles. The number of carbonyl (C=O) groups excluding carboxylic acids is 1. The van der Waals surface area contributed by atoms with E-state index in [1.54, 1.807) is 18.2 Å². The molecule has 2 aromatic rings. The molecule has 26 heavy (non-hydrogen) atoms.